The first kappa shape index (κ1) is 20.6. The van der Waals surface area contributed by atoms with E-state index in [1.165, 1.54) is 7.11 Å². The number of methoxy groups -OCH3 is 1. The number of carbonyl (C=O) groups excluding carboxylic acids is 3. The molecule has 0 heterocycles. The van der Waals surface area contributed by atoms with Gasteiger partial charge in [-0.25, -0.2) is 4.79 Å². The molecule has 138 valence electrons. The van der Waals surface area contributed by atoms with Gasteiger partial charge < -0.3 is 20.5 Å². The number of ether oxygens (including phenoxy) is 2. The summed E-state index contributed by atoms with van der Waals surface area (Å²) in [5, 5.41) is 2.47. The minimum absolute atomic E-state index is 0.313. The highest BCUT2D eigenvalue weighted by molar-refractivity contribution is 5.90. The SMILES string of the molecule is COC(=O)C(CC(=O)OC(C)(C)C)NC(=O)[C@H](N)Cc1ccccc1. The molecule has 25 heavy (non-hydrogen) atoms. The van der Waals surface area contributed by atoms with Gasteiger partial charge in [0.25, 0.3) is 0 Å². The van der Waals surface area contributed by atoms with Crippen LogP contribution in [0, 0.1) is 0 Å². The first-order valence-corrected chi connectivity index (χ1v) is 8.02. The Morgan fingerprint density at radius 3 is 2.28 bits per heavy atom. The van der Waals surface area contributed by atoms with E-state index < -0.39 is 35.5 Å². The summed E-state index contributed by atoms with van der Waals surface area (Å²) >= 11 is 0. The number of rotatable bonds is 7. The molecule has 2 atom stereocenters. The lowest BCUT2D eigenvalue weighted by molar-refractivity contribution is -0.159. The monoisotopic (exact) mass is 350 g/mol. The summed E-state index contributed by atoms with van der Waals surface area (Å²) in [5.41, 5.74) is 6.10. The summed E-state index contributed by atoms with van der Waals surface area (Å²) in [6, 6.07) is 7.27. The van der Waals surface area contributed by atoms with Crippen molar-refractivity contribution in [2.24, 2.45) is 5.73 Å². The van der Waals surface area contributed by atoms with Crippen LogP contribution in [0.25, 0.3) is 0 Å². The average Bonchev–Trinajstić information content (AvgIpc) is 2.52. The highest BCUT2D eigenvalue weighted by atomic mass is 16.6. The van der Waals surface area contributed by atoms with Crippen LogP contribution in [0.3, 0.4) is 0 Å². The van der Waals surface area contributed by atoms with Crippen LogP contribution >= 0.6 is 0 Å². The molecule has 0 saturated carbocycles. The molecule has 1 aromatic rings. The lowest BCUT2D eigenvalue weighted by Gasteiger charge is -2.22. The molecule has 0 radical (unpaired) electrons. The Hall–Kier alpha value is -2.41. The van der Waals surface area contributed by atoms with Crippen molar-refractivity contribution >= 4 is 17.8 Å². The predicted octanol–water partition coefficient (Wildman–Crippen LogP) is 0.946. The molecule has 0 fully saturated rings. The van der Waals surface area contributed by atoms with Crippen molar-refractivity contribution in [3.8, 4) is 0 Å². The van der Waals surface area contributed by atoms with Gasteiger partial charge in [0, 0.05) is 0 Å². The maximum absolute atomic E-state index is 12.2. The molecule has 3 N–H and O–H groups in total. The zero-order valence-corrected chi connectivity index (χ0v) is 15.1. The topological polar surface area (TPSA) is 108 Å². The van der Waals surface area contributed by atoms with Crippen molar-refractivity contribution in [2.75, 3.05) is 7.11 Å². The van der Waals surface area contributed by atoms with Crippen molar-refractivity contribution in [1.29, 1.82) is 0 Å². The molecule has 7 nitrogen and oxygen atoms in total. The van der Waals surface area contributed by atoms with Crippen LogP contribution in [0.5, 0.6) is 0 Å². The number of nitrogens with one attached hydrogen (secondary N) is 1. The second kappa shape index (κ2) is 9.17. The minimum Gasteiger partial charge on any atom is -0.467 e. The van der Waals surface area contributed by atoms with E-state index in [2.05, 4.69) is 10.1 Å². The second-order valence-electron chi connectivity index (χ2n) is 6.67. The molecule has 0 spiro atoms. The molecule has 1 unspecified atom stereocenters. The molecule has 0 aliphatic heterocycles. The molecule has 0 saturated heterocycles. The fraction of sp³-hybridized carbons (Fsp3) is 0.500. The zero-order valence-electron chi connectivity index (χ0n) is 15.1. The van der Waals surface area contributed by atoms with Gasteiger partial charge in [0.05, 0.1) is 19.6 Å². The Bertz CT molecular complexity index is 595. The zero-order chi connectivity index (χ0) is 19.0. The fourth-order valence-corrected chi connectivity index (χ4v) is 2.12. The Morgan fingerprint density at radius 2 is 1.76 bits per heavy atom. The summed E-state index contributed by atoms with van der Waals surface area (Å²) in [7, 11) is 1.18. The molecule has 1 aromatic carbocycles. The third-order valence-electron chi connectivity index (χ3n) is 3.23. The van der Waals surface area contributed by atoms with E-state index in [9.17, 15) is 14.4 Å². The average molecular weight is 350 g/mol. The van der Waals surface area contributed by atoms with Gasteiger partial charge in [0.2, 0.25) is 5.91 Å². The van der Waals surface area contributed by atoms with Gasteiger partial charge in [-0.3, -0.25) is 9.59 Å². The molecule has 0 aromatic heterocycles. The van der Waals surface area contributed by atoms with Crippen LogP contribution in [-0.2, 0) is 30.3 Å². The predicted molar refractivity (Wildman–Crippen MR) is 92.5 cm³/mol. The lowest BCUT2D eigenvalue weighted by atomic mass is 10.1. The van der Waals surface area contributed by atoms with Crippen molar-refractivity contribution in [2.45, 2.75) is 51.3 Å². The Labute approximate surface area is 147 Å². The second-order valence-corrected chi connectivity index (χ2v) is 6.67. The molecular weight excluding hydrogens is 324 g/mol. The number of carbonyl (C=O) groups is 3. The van der Waals surface area contributed by atoms with Gasteiger partial charge in [-0.2, -0.15) is 0 Å². The molecular formula is C18H26N2O5. The van der Waals surface area contributed by atoms with Crippen LogP contribution in [0.15, 0.2) is 30.3 Å². The van der Waals surface area contributed by atoms with E-state index in [4.69, 9.17) is 10.5 Å². The summed E-state index contributed by atoms with van der Waals surface area (Å²) in [5.74, 6) is -1.88. The third kappa shape index (κ3) is 7.80. The van der Waals surface area contributed by atoms with Crippen LogP contribution in [0.4, 0.5) is 0 Å². The molecule has 0 aliphatic rings. The maximum atomic E-state index is 12.2. The number of amides is 1. The molecule has 0 bridgehead atoms. The van der Waals surface area contributed by atoms with Gasteiger partial charge in [-0.1, -0.05) is 30.3 Å². The van der Waals surface area contributed by atoms with E-state index in [1.807, 2.05) is 30.3 Å². The van der Waals surface area contributed by atoms with Crippen molar-refractivity contribution in [3.63, 3.8) is 0 Å². The summed E-state index contributed by atoms with van der Waals surface area (Å²) in [4.78, 5) is 36.0. The van der Waals surface area contributed by atoms with E-state index in [0.717, 1.165) is 5.56 Å². The van der Waals surface area contributed by atoms with Crippen LogP contribution in [0.2, 0.25) is 0 Å². The number of esters is 2. The normalized spacial score (nSPS) is 13.5. The molecule has 1 rings (SSSR count). The van der Waals surface area contributed by atoms with Crippen molar-refractivity contribution < 1.29 is 23.9 Å². The van der Waals surface area contributed by atoms with Gasteiger partial charge >= 0.3 is 11.9 Å². The van der Waals surface area contributed by atoms with Gasteiger partial charge in [0.1, 0.15) is 11.6 Å². The highest BCUT2D eigenvalue weighted by Gasteiger charge is 2.29. The Morgan fingerprint density at radius 1 is 1.16 bits per heavy atom. The van der Waals surface area contributed by atoms with E-state index in [0.29, 0.717) is 6.42 Å². The molecule has 7 heteroatoms. The number of nitrogens with two attached hydrogens (primary N) is 1. The largest absolute Gasteiger partial charge is 0.467 e. The van der Waals surface area contributed by atoms with Crippen molar-refractivity contribution in [1.82, 2.24) is 5.32 Å². The highest BCUT2D eigenvalue weighted by Crippen LogP contribution is 2.10. The van der Waals surface area contributed by atoms with Gasteiger partial charge in [-0.05, 0) is 32.8 Å². The number of benzene rings is 1. The number of hydrogen-bond acceptors (Lipinski definition) is 6. The van der Waals surface area contributed by atoms with Crippen LogP contribution in [-0.4, -0.2) is 42.6 Å². The maximum Gasteiger partial charge on any atom is 0.328 e. The first-order valence-electron chi connectivity index (χ1n) is 8.02. The van der Waals surface area contributed by atoms with Crippen LogP contribution < -0.4 is 11.1 Å². The van der Waals surface area contributed by atoms with Gasteiger partial charge in [-0.15, -0.1) is 0 Å². The lowest BCUT2D eigenvalue weighted by Crippen LogP contribution is -2.50. The smallest absolute Gasteiger partial charge is 0.328 e. The first-order chi connectivity index (χ1) is 11.6. The van der Waals surface area contributed by atoms with Gasteiger partial charge in [0.15, 0.2) is 0 Å². The minimum atomic E-state index is -1.14. The standard InChI is InChI=1S/C18H26N2O5/c1-18(2,3)25-15(21)11-14(17(23)24-4)20-16(22)13(19)10-12-8-6-5-7-9-12/h5-9,13-14H,10-11,19H2,1-4H3,(H,20,22)/t13-,14?/m1/s1. The quantitative estimate of drug-likeness (QED) is 0.709. The third-order valence-corrected chi connectivity index (χ3v) is 3.23. The summed E-state index contributed by atoms with van der Waals surface area (Å²) < 4.78 is 9.81. The van der Waals surface area contributed by atoms with E-state index in [-0.39, 0.29) is 6.42 Å². The van der Waals surface area contributed by atoms with Crippen LogP contribution in [0.1, 0.15) is 32.8 Å². The molecule has 0 aliphatic carbocycles. The Kier molecular flexibility index (Phi) is 7.57. The fourth-order valence-electron chi connectivity index (χ4n) is 2.12. The van der Waals surface area contributed by atoms with Crippen molar-refractivity contribution in [3.05, 3.63) is 35.9 Å². The van der Waals surface area contributed by atoms with E-state index in [1.54, 1.807) is 20.8 Å². The molecule has 1 amide bonds. The summed E-state index contributed by atoms with van der Waals surface area (Å²) in [6.45, 7) is 5.14. The Balaban J connectivity index is 2.69. The number of hydrogen-bond donors (Lipinski definition) is 2. The van der Waals surface area contributed by atoms with E-state index >= 15 is 0 Å². The summed E-state index contributed by atoms with van der Waals surface area (Å²) in [6.07, 6.45) is -0.0132.